The van der Waals surface area contributed by atoms with Crippen LogP contribution in [0, 0.1) is 0 Å². The topological polar surface area (TPSA) is 79.4 Å². The van der Waals surface area contributed by atoms with Crippen LogP contribution in [-0.2, 0) is 9.53 Å². The molecular formula is C22H27N3O5. The zero-order chi connectivity index (χ0) is 21.6. The second-order valence-corrected chi connectivity index (χ2v) is 8.33. The van der Waals surface area contributed by atoms with Gasteiger partial charge in [0.2, 0.25) is 0 Å². The molecule has 1 aromatic carbocycles. The number of carbonyl (C=O) groups is 3. The largest absolute Gasteiger partial charge is 0.497 e. The van der Waals surface area contributed by atoms with Crippen LogP contribution in [-0.4, -0.2) is 79.6 Å². The van der Waals surface area contributed by atoms with Crippen LogP contribution >= 0.6 is 0 Å². The summed E-state index contributed by atoms with van der Waals surface area (Å²) in [6, 6.07) is 3.55. The highest BCUT2D eigenvalue weighted by Crippen LogP contribution is 2.47. The number of ketones is 1. The first-order chi connectivity index (χ1) is 14.3. The van der Waals surface area contributed by atoms with Crippen LogP contribution in [0.4, 0.5) is 10.5 Å². The molecule has 0 bridgehead atoms. The first kappa shape index (κ1) is 20.4. The van der Waals surface area contributed by atoms with Gasteiger partial charge >= 0.3 is 6.09 Å². The normalized spacial score (nSPS) is 20.2. The first-order valence-electron chi connectivity index (χ1n) is 10.2. The fraction of sp³-hybridized carbons (Fsp3) is 0.500. The Labute approximate surface area is 176 Å². The number of carbonyl (C=O) groups excluding carboxylic acids is 3. The molecule has 160 valence electrons. The molecule has 3 heterocycles. The van der Waals surface area contributed by atoms with E-state index in [2.05, 4.69) is 11.0 Å². The fourth-order valence-electron chi connectivity index (χ4n) is 4.50. The maximum atomic E-state index is 12.7. The summed E-state index contributed by atoms with van der Waals surface area (Å²) >= 11 is 0. The first-order valence-corrected chi connectivity index (χ1v) is 10.2. The Kier molecular flexibility index (Phi) is 5.05. The second kappa shape index (κ2) is 7.43. The minimum atomic E-state index is -0.609. The minimum absolute atomic E-state index is 0.270. The minimum Gasteiger partial charge on any atom is -0.497 e. The monoisotopic (exact) mass is 413 g/mol. The van der Waals surface area contributed by atoms with E-state index in [1.807, 2.05) is 19.9 Å². The highest BCUT2D eigenvalue weighted by Gasteiger charge is 2.47. The van der Waals surface area contributed by atoms with E-state index in [0.717, 1.165) is 24.2 Å². The molecule has 0 N–H and O–H groups in total. The number of hydrogen-bond donors (Lipinski definition) is 0. The van der Waals surface area contributed by atoms with Crippen molar-refractivity contribution in [2.24, 2.45) is 0 Å². The summed E-state index contributed by atoms with van der Waals surface area (Å²) in [5.74, 6) is -0.428. The standard InChI is InChI=1S/C22H27N3O5/c1-5-30-21(28)24-8-6-23(7-9-24)13-14-12-22(2,3)25-18-16(14)10-15(29-4)11-17(18)19(26)20(25)27/h10-12H,5-9,13H2,1-4H3. The lowest BCUT2D eigenvalue weighted by Gasteiger charge is -2.41. The van der Waals surface area contributed by atoms with Crippen molar-refractivity contribution in [1.82, 2.24) is 9.80 Å². The van der Waals surface area contributed by atoms with Crippen LogP contribution in [0.25, 0.3) is 5.57 Å². The molecule has 0 unspecified atom stereocenters. The molecule has 0 radical (unpaired) electrons. The number of benzene rings is 1. The van der Waals surface area contributed by atoms with Gasteiger partial charge in [0, 0.05) is 38.3 Å². The number of Topliss-reactive ketones (excluding diaryl/α,β-unsaturated/α-hetero) is 1. The van der Waals surface area contributed by atoms with E-state index in [1.165, 1.54) is 0 Å². The lowest BCUT2D eigenvalue weighted by molar-refractivity contribution is -0.115. The molecule has 4 rings (SSSR count). The van der Waals surface area contributed by atoms with Gasteiger partial charge in [-0.1, -0.05) is 6.08 Å². The van der Waals surface area contributed by atoms with Crippen molar-refractivity contribution in [1.29, 1.82) is 0 Å². The molecule has 3 aliphatic heterocycles. The van der Waals surface area contributed by atoms with Crippen molar-refractivity contribution in [3.05, 3.63) is 29.3 Å². The number of hydrogen-bond acceptors (Lipinski definition) is 6. The Morgan fingerprint density at radius 2 is 1.77 bits per heavy atom. The van der Waals surface area contributed by atoms with Gasteiger partial charge in [-0.25, -0.2) is 4.79 Å². The molecule has 2 amide bonds. The third-order valence-corrected chi connectivity index (χ3v) is 5.93. The van der Waals surface area contributed by atoms with Gasteiger partial charge in [-0.3, -0.25) is 19.4 Å². The van der Waals surface area contributed by atoms with E-state index in [4.69, 9.17) is 9.47 Å². The van der Waals surface area contributed by atoms with Gasteiger partial charge in [0.05, 0.1) is 30.5 Å². The summed E-state index contributed by atoms with van der Waals surface area (Å²) in [4.78, 5) is 42.9. The number of amides is 2. The fourth-order valence-corrected chi connectivity index (χ4v) is 4.50. The van der Waals surface area contributed by atoms with Crippen LogP contribution < -0.4 is 9.64 Å². The van der Waals surface area contributed by atoms with Gasteiger partial charge in [-0.2, -0.15) is 0 Å². The van der Waals surface area contributed by atoms with Crippen molar-refractivity contribution in [2.75, 3.05) is 51.3 Å². The van der Waals surface area contributed by atoms with Crippen LogP contribution in [0.15, 0.2) is 18.2 Å². The van der Waals surface area contributed by atoms with E-state index < -0.39 is 17.2 Å². The highest BCUT2D eigenvalue weighted by molar-refractivity contribution is 6.53. The average Bonchev–Trinajstić information content (AvgIpc) is 2.98. The van der Waals surface area contributed by atoms with E-state index in [1.54, 1.807) is 29.9 Å². The van der Waals surface area contributed by atoms with Gasteiger partial charge < -0.3 is 14.4 Å². The van der Waals surface area contributed by atoms with Crippen molar-refractivity contribution in [3.8, 4) is 5.75 Å². The summed E-state index contributed by atoms with van der Waals surface area (Å²) in [6.07, 6.45) is 1.79. The van der Waals surface area contributed by atoms with Crippen molar-refractivity contribution in [2.45, 2.75) is 26.3 Å². The van der Waals surface area contributed by atoms with E-state index >= 15 is 0 Å². The molecule has 0 aliphatic carbocycles. The third-order valence-electron chi connectivity index (χ3n) is 5.93. The molecule has 8 nitrogen and oxygen atoms in total. The summed E-state index contributed by atoms with van der Waals surface area (Å²) in [5.41, 5.74) is 2.38. The molecular weight excluding hydrogens is 386 g/mol. The number of anilines is 1. The second-order valence-electron chi connectivity index (χ2n) is 8.33. The van der Waals surface area contributed by atoms with Gasteiger partial charge in [-0.15, -0.1) is 0 Å². The number of nitrogens with zero attached hydrogens (tertiary/aromatic N) is 3. The zero-order valence-corrected chi connectivity index (χ0v) is 17.9. The number of rotatable bonds is 4. The SMILES string of the molecule is CCOC(=O)N1CCN(CC2=CC(C)(C)N3C(=O)C(=O)c4cc(OC)cc2c43)CC1. The van der Waals surface area contributed by atoms with Gasteiger partial charge in [0.15, 0.2) is 0 Å². The van der Waals surface area contributed by atoms with Crippen LogP contribution in [0.2, 0.25) is 0 Å². The predicted molar refractivity (Wildman–Crippen MR) is 112 cm³/mol. The molecule has 30 heavy (non-hydrogen) atoms. The molecule has 3 aliphatic rings. The molecule has 8 heteroatoms. The summed E-state index contributed by atoms with van der Waals surface area (Å²) in [5, 5.41) is 0. The van der Waals surface area contributed by atoms with Crippen LogP contribution in [0.1, 0.15) is 36.7 Å². The average molecular weight is 413 g/mol. The summed E-state index contributed by atoms with van der Waals surface area (Å²) < 4.78 is 10.5. The van der Waals surface area contributed by atoms with Crippen molar-refractivity contribution >= 4 is 29.0 Å². The van der Waals surface area contributed by atoms with Gasteiger partial charge in [-0.05, 0) is 38.5 Å². The van der Waals surface area contributed by atoms with E-state index in [0.29, 0.717) is 43.2 Å². The summed E-state index contributed by atoms with van der Waals surface area (Å²) in [7, 11) is 1.55. The zero-order valence-electron chi connectivity index (χ0n) is 17.9. The maximum absolute atomic E-state index is 12.7. The van der Waals surface area contributed by atoms with Crippen molar-refractivity contribution in [3.63, 3.8) is 0 Å². The van der Waals surface area contributed by atoms with Crippen LogP contribution in [0.5, 0.6) is 5.75 Å². The van der Waals surface area contributed by atoms with Crippen LogP contribution in [0.3, 0.4) is 0 Å². The molecule has 0 atom stereocenters. The Balaban J connectivity index is 1.62. The molecule has 0 spiro atoms. The molecule has 0 aromatic heterocycles. The lowest BCUT2D eigenvalue weighted by Crippen LogP contribution is -2.50. The van der Waals surface area contributed by atoms with Gasteiger partial charge in [0.1, 0.15) is 5.75 Å². The smallest absolute Gasteiger partial charge is 0.409 e. The Morgan fingerprint density at radius 3 is 2.40 bits per heavy atom. The van der Waals surface area contributed by atoms with E-state index in [9.17, 15) is 14.4 Å². The third kappa shape index (κ3) is 3.25. The number of piperazine rings is 1. The highest BCUT2D eigenvalue weighted by atomic mass is 16.6. The lowest BCUT2D eigenvalue weighted by atomic mass is 9.87. The number of methoxy groups -OCH3 is 1. The number of ether oxygens (including phenoxy) is 2. The Morgan fingerprint density at radius 1 is 1.10 bits per heavy atom. The predicted octanol–water partition coefficient (Wildman–Crippen LogP) is 2.17. The van der Waals surface area contributed by atoms with Crippen molar-refractivity contribution < 1.29 is 23.9 Å². The molecule has 0 saturated carbocycles. The van der Waals surface area contributed by atoms with Gasteiger partial charge in [0.25, 0.3) is 11.7 Å². The summed E-state index contributed by atoms with van der Waals surface area (Å²) in [6.45, 7) is 9.39. The molecule has 1 fully saturated rings. The molecule has 1 saturated heterocycles. The Hall–Kier alpha value is -2.87. The maximum Gasteiger partial charge on any atom is 0.409 e. The van der Waals surface area contributed by atoms with E-state index in [-0.39, 0.29) is 6.09 Å². The Bertz CT molecular complexity index is 944. The molecule has 1 aromatic rings. The quantitative estimate of drug-likeness (QED) is 0.704.